The van der Waals surface area contributed by atoms with Crippen molar-refractivity contribution in [2.75, 3.05) is 13.2 Å². The second kappa shape index (κ2) is 6.75. The molecule has 0 radical (unpaired) electrons. The summed E-state index contributed by atoms with van der Waals surface area (Å²) in [5.74, 6) is 0.954. The zero-order valence-electron chi connectivity index (χ0n) is 12.4. The molecule has 0 spiro atoms. The maximum absolute atomic E-state index is 13.5. The molecule has 2 aliphatic rings. The molecule has 1 fully saturated rings. The Labute approximate surface area is 125 Å². The molecule has 0 aromatic heterocycles. The molecule has 1 aliphatic carbocycles. The largest absolute Gasteiger partial charge is 0.493 e. The summed E-state index contributed by atoms with van der Waals surface area (Å²) < 4.78 is 19.2. The van der Waals surface area contributed by atoms with Crippen molar-refractivity contribution in [2.45, 2.75) is 50.7 Å². The van der Waals surface area contributed by atoms with Gasteiger partial charge >= 0.3 is 0 Å². The van der Waals surface area contributed by atoms with Gasteiger partial charge in [0.15, 0.2) is 0 Å². The number of halogens is 1. The molecule has 1 aromatic carbocycles. The number of nitrogens with one attached hydrogen (secondary N) is 1. The van der Waals surface area contributed by atoms with Crippen LogP contribution in [-0.4, -0.2) is 24.4 Å². The summed E-state index contributed by atoms with van der Waals surface area (Å²) in [7, 11) is 0. The van der Waals surface area contributed by atoms with Gasteiger partial charge in [0.1, 0.15) is 11.6 Å². The van der Waals surface area contributed by atoms with E-state index in [4.69, 9.17) is 4.74 Å². The average Bonchev–Trinajstić information content (AvgIpc) is 2.95. The number of hydrogen-bond acceptors (Lipinski definition) is 3. The van der Waals surface area contributed by atoms with Crippen molar-refractivity contribution in [1.82, 2.24) is 5.32 Å². The van der Waals surface area contributed by atoms with Crippen molar-refractivity contribution in [3.05, 3.63) is 29.6 Å². The quantitative estimate of drug-likeness (QED) is 0.896. The Hall–Kier alpha value is -1.13. The Morgan fingerprint density at radius 3 is 2.86 bits per heavy atom. The third kappa shape index (κ3) is 3.55. The first kappa shape index (κ1) is 14.8. The van der Waals surface area contributed by atoms with E-state index in [9.17, 15) is 9.50 Å². The molecule has 3 rings (SSSR count). The lowest BCUT2D eigenvalue weighted by Gasteiger charge is -2.23. The highest BCUT2D eigenvalue weighted by Crippen LogP contribution is 2.33. The van der Waals surface area contributed by atoms with Gasteiger partial charge < -0.3 is 15.2 Å². The number of ether oxygens (including phenoxy) is 1. The van der Waals surface area contributed by atoms with Crippen LogP contribution in [0, 0.1) is 11.7 Å². The van der Waals surface area contributed by atoms with Crippen LogP contribution in [0.2, 0.25) is 0 Å². The van der Waals surface area contributed by atoms with E-state index in [1.807, 2.05) is 0 Å². The van der Waals surface area contributed by atoms with Crippen molar-refractivity contribution in [1.29, 1.82) is 0 Å². The van der Waals surface area contributed by atoms with Gasteiger partial charge in [-0.1, -0.05) is 12.8 Å². The summed E-state index contributed by atoms with van der Waals surface area (Å²) in [5, 5.41) is 13.7. The lowest BCUT2D eigenvalue weighted by atomic mass is 9.98. The first-order valence-corrected chi connectivity index (χ1v) is 8.08. The van der Waals surface area contributed by atoms with Gasteiger partial charge in [0.25, 0.3) is 0 Å². The van der Waals surface area contributed by atoms with Crippen molar-refractivity contribution >= 4 is 0 Å². The predicted octanol–water partition coefficient (Wildman–Crippen LogP) is 3.18. The van der Waals surface area contributed by atoms with E-state index in [1.54, 1.807) is 12.1 Å². The molecule has 1 aliphatic heterocycles. The Balaban J connectivity index is 1.66. The smallest absolute Gasteiger partial charge is 0.124 e. The minimum atomic E-state index is -0.298. The van der Waals surface area contributed by atoms with Gasteiger partial charge in [-0.05, 0) is 49.8 Å². The number of fused-ring (bicyclic) bond motifs is 1. The minimum absolute atomic E-state index is 0.0641. The molecule has 2 N–H and O–H groups in total. The van der Waals surface area contributed by atoms with Gasteiger partial charge in [-0.15, -0.1) is 0 Å². The van der Waals surface area contributed by atoms with Gasteiger partial charge in [-0.25, -0.2) is 4.39 Å². The summed E-state index contributed by atoms with van der Waals surface area (Å²) in [5.41, 5.74) is 0.881. The Kier molecular flexibility index (Phi) is 4.76. The highest BCUT2D eigenvalue weighted by atomic mass is 19.1. The fourth-order valence-electron chi connectivity index (χ4n) is 3.53. The lowest BCUT2D eigenvalue weighted by molar-refractivity contribution is 0.105. The van der Waals surface area contributed by atoms with E-state index in [-0.39, 0.29) is 18.0 Å². The second-order valence-electron chi connectivity index (χ2n) is 6.25. The Morgan fingerprint density at radius 1 is 1.24 bits per heavy atom. The number of rotatable bonds is 4. The van der Waals surface area contributed by atoms with Crippen LogP contribution in [0.25, 0.3) is 0 Å². The van der Waals surface area contributed by atoms with E-state index in [1.165, 1.54) is 18.9 Å². The number of benzene rings is 1. The fraction of sp³-hybridized carbons (Fsp3) is 0.647. The molecule has 0 saturated heterocycles. The topological polar surface area (TPSA) is 41.5 Å². The number of aliphatic hydroxyl groups excluding tert-OH is 1. The van der Waals surface area contributed by atoms with Crippen LogP contribution >= 0.6 is 0 Å². The molecular weight excluding hydrogens is 269 g/mol. The molecule has 2 atom stereocenters. The molecule has 116 valence electrons. The van der Waals surface area contributed by atoms with Crippen molar-refractivity contribution < 1.29 is 14.2 Å². The molecule has 0 bridgehead atoms. The van der Waals surface area contributed by atoms with E-state index in [0.717, 1.165) is 37.0 Å². The first-order chi connectivity index (χ1) is 10.2. The van der Waals surface area contributed by atoms with Crippen LogP contribution < -0.4 is 10.1 Å². The van der Waals surface area contributed by atoms with Gasteiger partial charge in [0, 0.05) is 18.2 Å². The van der Waals surface area contributed by atoms with Crippen LogP contribution in [0.1, 0.15) is 50.1 Å². The lowest BCUT2D eigenvalue weighted by Crippen LogP contribution is -2.34. The second-order valence-corrected chi connectivity index (χ2v) is 6.25. The van der Waals surface area contributed by atoms with E-state index in [2.05, 4.69) is 5.32 Å². The van der Waals surface area contributed by atoms with Crippen LogP contribution in [0.5, 0.6) is 5.75 Å². The summed E-state index contributed by atoms with van der Waals surface area (Å²) in [6.07, 6.45) is 6.26. The highest BCUT2D eigenvalue weighted by molar-refractivity contribution is 5.37. The molecule has 1 saturated carbocycles. The molecule has 4 heteroatoms. The van der Waals surface area contributed by atoms with Gasteiger partial charge in [0.05, 0.1) is 12.7 Å². The van der Waals surface area contributed by atoms with E-state index in [0.29, 0.717) is 19.1 Å². The molecule has 1 heterocycles. The van der Waals surface area contributed by atoms with Crippen LogP contribution in [0.3, 0.4) is 0 Å². The molecule has 0 amide bonds. The summed E-state index contributed by atoms with van der Waals surface area (Å²) >= 11 is 0. The van der Waals surface area contributed by atoms with Crippen molar-refractivity contribution in [3.63, 3.8) is 0 Å². The van der Waals surface area contributed by atoms with E-state index >= 15 is 0 Å². The minimum Gasteiger partial charge on any atom is -0.493 e. The standard InChI is InChI=1S/C17H24FNO2/c18-13-7-8-17-14(10-13)15(6-3-9-21-17)19-11-16(20)12-4-1-2-5-12/h7-8,10,12,15-16,19-20H,1-6,9,11H2. The molecule has 3 nitrogen and oxygen atoms in total. The van der Waals surface area contributed by atoms with Gasteiger partial charge in [0.2, 0.25) is 0 Å². The normalized spacial score (nSPS) is 24.2. The summed E-state index contributed by atoms with van der Waals surface area (Å²) in [6, 6.07) is 4.77. The highest BCUT2D eigenvalue weighted by Gasteiger charge is 2.25. The molecule has 2 unspecified atom stereocenters. The van der Waals surface area contributed by atoms with Crippen LogP contribution in [0.15, 0.2) is 18.2 Å². The molecular formula is C17H24FNO2. The summed E-state index contributed by atoms with van der Waals surface area (Å²) in [4.78, 5) is 0. The van der Waals surface area contributed by atoms with Crippen LogP contribution in [0.4, 0.5) is 4.39 Å². The van der Waals surface area contributed by atoms with Crippen molar-refractivity contribution in [2.24, 2.45) is 5.92 Å². The Morgan fingerprint density at radius 2 is 2.05 bits per heavy atom. The van der Waals surface area contributed by atoms with Gasteiger partial charge in [-0.3, -0.25) is 0 Å². The molecule has 21 heavy (non-hydrogen) atoms. The summed E-state index contributed by atoms with van der Waals surface area (Å²) in [6.45, 7) is 1.24. The first-order valence-electron chi connectivity index (χ1n) is 8.08. The molecule has 1 aromatic rings. The third-order valence-corrected chi connectivity index (χ3v) is 4.76. The predicted molar refractivity (Wildman–Crippen MR) is 79.8 cm³/mol. The Bertz CT molecular complexity index is 474. The third-order valence-electron chi connectivity index (χ3n) is 4.76. The van der Waals surface area contributed by atoms with Crippen molar-refractivity contribution in [3.8, 4) is 5.75 Å². The van der Waals surface area contributed by atoms with Gasteiger partial charge in [-0.2, -0.15) is 0 Å². The maximum atomic E-state index is 13.5. The maximum Gasteiger partial charge on any atom is 0.124 e. The van der Waals surface area contributed by atoms with E-state index < -0.39 is 0 Å². The fourth-order valence-corrected chi connectivity index (χ4v) is 3.53. The average molecular weight is 293 g/mol. The number of aliphatic hydroxyl groups is 1. The van der Waals surface area contributed by atoms with Crippen LogP contribution in [-0.2, 0) is 0 Å². The number of hydrogen-bond donors (Lipinski definition) is 2. The zero-order chi connectivity index (χ0) is 14.7. The SMILES string of the molecule is OC(CNC1CCCOc2ccc(F)cc21)C1CCCC1. The monoisotopic (exact) mass is 293 g/mol. The zero-order valence-corrected chi connectivity index (χ0v) is 12.4.